The van der Waals surface area contributed by atoms with Crippen LogP contribution in [-0.2, 0) is 4.74 Å². The lowest BCUT2D eigenvalue weighted by Crippen LogP contribution is -2.00. The highest BCUT2D eigenvalue weighted by Crippen LogP contribution is 2.37. The van der Waals surface area contributed by atoms with Crippen molar-refractivity contribution in [2.75, 3.05) is 14.2 Å². The van der Waals surface area contributed by atoms with E-state index < -0.39 is 0 Å². The number of hydrogen-bond donors (Lipinski definition) is 2. The van der Waals surface area contributed by atoms with E-state index in [1.165, 1.54) is 7.11 Å². The number of esters is 1. The molecule has 0 saturated carbocycles. The lowest BCUT2D eigenvalue weighted by molar-refractivity contribution is 0.0600. The van der Waals surface area contributed by atoms with Gasteiger partial charge in [-0.3, -0.25) is 0 Å². The van der Waals surface area contributed by atoms with Gasteiger partial charge in [-0.15, -0.1) is 0 Å². The van der Waals surface area contributed by atoms with Crippen molar-refractivity contribution in [3.63, 3.8) is 0 Å². The summed E-state index contributed by atoms with van der Waals surface area (Å²) >= 11 is 0. The van der Waals surface area contributed by atoms with E-state index in [0.29, 0.717) is 11.4 Å². The van der Waals surface area contributed by atoms with Gasteiger partial charge >= 0.3 is 5.97 Å². The average molecular weight is 423 g/mol. The van der Waals surface area contributed by atoms with E-state index in [2.05, 4.69) is 22.1 Å². The molecule has 0 atom stereocenters. The molecule has 3 aromatic carbocycles. The van der Waals surface area contributed by atoms with Crippen molar-refractivity contribution in [2.24, 2.45) is 0 Å². The van der Waals surface area contributed by atoms with E-state index in [9.17, 15) is 4.79 Å². The molecule has 5 aromatic rings. The van der Waals surface area contributed by atoms with Crippen LogP contribution in [0.25, 0.3) is 44.8 Å². The molecule has 0 radical (unpaired) electrons. The largest absolute Gasteiger partial charge is 0.497 e. The number of ether oxygens (including phenoxy) is 2. The summed E-state index contributed by atoms with van der Waals surface area (Å²) in [5, 5.41) is 1.11. The number of para-hydroxylation sites is 1. The second-order valence-corrected chi connectivity index (χ2v) is 7.35. The predicted octanol–water partition coefficient (Wildman–Crippen LogP) is 5.69. The Bertz CT molecular complexity index is 1400. The minimum Gasteiger partial charge on any atom is -0.497 e. The molecule has 0 amide bonds. The van der Waals surface area contributed by atoms with E-state index in [1.54, 1.807) is 19.2 Å². The summed E-state index contributed by atoms with van der Waals surface area (Å²) < 4.78 is 10.1. The van der Waals surface area contributed by atoms with Gasteiger partial charge in [-0.2, -0.15) is 0 Å². The summed E-state index contributed by atoms with van der Waals surface area (Å²) in [7, 11) is 3.02. The van der Waals surface area contributed by atoms with Crippen molar-refractivity contribution in [1.82, 2.24) is 15.0 Å². The number of benzene rings is 3. The Morgan fingerprint density at radius 2 is 1.59 bits per heavy atom. The molecule has 2 N–H and O–H groups in total. The first-order valence-corrected chi connectivity index (χ1v) is 10.2. The number of fused-ring (bicyclic) bond motifs is 1. The molecule has 5 rings (SSSR count). The molecule has 0 aliphatic rings. The fraction of sp³-hybridized carbons (Fsp3) is 0.0769. The Balaban J connectivity index is 1.66. The van der Waals surface area contributed by atoms with Gasteiger partial charge in [-0.25, -0.2) is 9.78 Å². The number of aromatic nitrogens is 3. The lowest BCUT2D eigenvalue weighted by Gasteiger charge is -2.04. The van der Waals surface area contributed by atoms with Gasteiger partial charge in [-0.1, -0.05) is 30.3 Å². The van der Waals surface area contributed by atoms with Crippen LogP contribution < -0.4 is 4.74 Å². The van der Waals surface area contributed by atoms with Crippen LogP contribution in [0.5, 0.6) is 5.75 Å². The maximum atomic E-state index is 11.8. The number of imidazole rings is 1. The third kappa shape index (κ3) is 3.41. The quantitative estimate of drug-likeness (QED) is 0.356. The smallest absolute Gasteiger partial charge is 0.337 e. The standard InChI is InChI=1S/C26H21N3O3/c1-31-19-13-11-16(12-14-19)23-24(21-15-27-22-6-4-3-5-20(21)22)29-25(28-23)17-7-9-18(10-8-17)26(30)32-2/h3-15,27H,1-2H3,(H,28,29). The van der Waals surface area contributed by atoms with Gasteiger partial charge in [0.25, 0.3) is 0 Å². The molecule has 0 bridgehead atoms. The number of aromatic amines is 2. The van der Waals surface area contributed by atoms with Crippen LogP contribution >= 0.6 is 0 Å². The van der Waals surface area contributed by atoms with Gasteiger partial charge in [-0.05, 0) is 42.5 Å². The molecule has 0 aliphatic carbocycles. The molecule has 6 nitrogen and oxygen atoms in total. The molecule has 0 saturated heterocycles. The molecule has 6 heteroatoms. The third-order valence-corrected chi connectivity index (χ3v) is 5.51. The summed E-state index contributed by atoms with van der Waals surface area (Å²) in [6.45, 7) is 0. The Morgan fingerprint density at radius 3 is 2.31 bits per heavy atom. The molecular weight excluding hydrogens is 402 g/mol. The predicted molar refractivity (Wildman–Crippen MR) is 125 cm³/mol. The lowest BCUT2D eigenvalue weighted by atomic mass is 10.0. The van der Waals surface area contributed by atoms with Crippen LogP contribution in [0, 0.1) is 0 Å². The number of nitrogens with one attached hydrogen (secondary N) is 2. The van der Waals surface area contributed by atoms with Crippen molar-refractivity contribution in [3.8, 4) is 39.7 Å². The van der Waals surface area contributed by atoms with Gasteiger partial charge in [0.15, 0.2) is 0 Å². The second kappa shape index (κ2) is 8.07. The monoisotopic (exact) mass is 423 g/mol. The molecule has 158 valence electrons. The second-order valence-electron chi connectivity index (χ2n) is 7.35. The van der Waals surface area contributed by atoms with Gasteiger partial charge in [0.1, 0.15) is 11.6 Å². The summed E-state index contributed by atoms with van der Waals surface area (Å²) in [5.74, 6) is 1.14. The normalized spacial score (nSPS) is 10.9. The van der Waals surface area contributed by atoms with E-state index >= 15 is 0 Å². The molecule has 32 heavy (non-hydrogen) atoms. The van der Waals surface area contributed by atoms with Crippen LogP contribution in [-0.4, -0.2) is 35.1 Å². The zero-order valence-electron chi connectivity index (χ0n) is 17.7. The van der Waals surface area contributed by atoms with Crippen molar-refractivity contribution >= 4 is 16.9 Å². The number of nitrogens with zero attached hydrogens (tertiary/aromatic N) is 1. The molecular formula is C26H21N3O3. The highest BCUT2D eigenvalue weighted by Gasteiger charge is 2.18. The van der Waals surface area contributed by atoms with Gasteiger partial charge in [0.2, 0.25) is 0 Å². The minimum atomic E-state index is -0.366. The third-order valence-electron chi connectivity index (χ3n) is 5.51. The highest BCUT2D eigenvalue weighted by atomic mass is 16.5. The number of methoxy groups -OCH3 is 2. The van der Waals surface area contributed by atoms with Crippen LogP contribution in [0.2, 0.25) is 0 Å². The van der Waals surface area contributed by atoms with Crippen LogP contribution in [0.15, 0.2) is 79.0 Å². The molecule has 0 fully saturated rings. The first-order chi connectivity index (χ1) is 15.7. The zero-order chi connectivity index (χ0) is 22.1. The number of hydrogen-bond acceptors (Lipinski definition) is 4. The average Bonchev–Trinajstić information content (AvgIpc) is 3.48. The Kier molecular flexibility index (Phi) is 4.95. The summed E-state index contributed by atoms with van der Waals surface area (Å²) in [6.07, 6.45) is 2.00. The maximum Gasteiger partial charge on any atom is 0.337 e. The molecule has 0 unspecified atom stereocenters. The van der Waals surface area contributed by atoms with Gasteiger partial charge in [0, 0.05) is 33.8 Å². The molecule has 2 heterocycles. The van der Waals surface area contributed by atoms with Crippen molar-refractivity contribution in [2.45, 2.75) is 0 Å². The number of H-pyrrole nitrogens is 2. The Morgan fingerprint density at radius 1 is 0.875 bits per heavy atom. The molecule has 2 aromatic heterocycles. The summed E-state index contributed by atoms with van der Waals surface area (Å²) in [6, 6.07) is 23.2. The van der Waals surface area contributed by atoms with E-state index in [-0.39, 0.29) is 5.97 Å². The number of rotatable bonds is 5. The fourth-order valence-electron chi connectivity index (χ4n) is 3.82. The van der Waals surface area contributed by atoms with E-state index in [4.69, 9.17) is 14.5 Å². The van der Waals surface area contributed by atoms with Gasteiger partial charge in [0.05, 0.1) is 31.2 Å². The first-order valence-electron chi connectivity index (χ1n) is 10.2. The molecule has 0 aliphatic heterocycles. The zero-order valence-corrected chi connectivity index (χ0v) is 17.7. The van der Waals surface area contributed by atoms with Crippen LogP contribution in [0.4, 0.5) is 0 Å². The van der Waals surface area contributed by atoms with Crippen molar-refractivity contribution < 1.29 is 14.3 Å². The van der Waals surface area contributed by atoms with Crippen LogP contribution in [0.1, 0.15) is 10.4 Å². The number of carbonyl (C=O) groups excluding carboxylic acids is 1. The van der Waals surface area contributed by atoms with Crippen molar-refractivity contribution in [3.05, 3.63) is 84.6 Å². The van der Waals surface area contributed by atoms with E-state index in [0.717, 1.165) is 44.7 Å². The Hall–Kier alpha value is -4.32. The van der Waals surface area contributed by atoms with Gasteiger partial charge < -0.3 is 19.4 Å². The minimum absolute atomic E-state index is 0.366. The summed E-state index contributed by atoms with van der Waals surface area (Å²) in [5.41, 5.74) is 6.19. The molecule has 0 spiro atoms. The van der Waals surface area contributed by atoms with Crippen molar-refractivity contribution in [1.29, 1.82) is 0 Å². The maximum absolute atomic E-state index is 11.8. The Labute approximate surface area is 184 Å². The van der Waals surface area contributed by atoms with Crippen LogP contribution in [0.3, 0.4) is 0 Å². The first kappa shape index (κ1) is 19.6. The fourth-order valence-corrected chi connectivity index (χ4v) is 3.82. The SMILES string of the molecule is COC(=O)c1ccc(-c2nc(-c3ccc(OC)cc3)c(-c3c[nH]c4ccccc34)[nH]2)cc1. The topological polar surface area (TPSA) is 80.0 Å². The highest BCUT2D eigenvalue weighted by molar-refractivity contribution is 5.98. The van der Waals surface area contributed by atoms with E-state index in [1.807, 2.05) is 54.7 Å². The number of carbonyl (C=O) groups is 1. The summed E-state index contributed by atoms with van der Waals surface area (Å²) in [4.78, 5) is 23.6.